The first-order valence-corrected chi connectivity index (χ1v) is 9.96. The van der Waals surface area contributed by atoms with Crippen LogP contribution in [0.15, 0.2) is 36.4 Å². The Kier molecular flexibility index (Phi) is 4.60. The molecule has 7 heteroatoms. The Bertz CT molecular complexity index is 975. The van der Waals surface area contributed by atoms with Gasteiger partial charge in [0.1, 0.15) is 13.2 Å². The van der Waals surface area contributed by atoms with Gasteiger partial charge in [0, 0.05) is 44.4 Å². The zero-order valence-electron chi connectivity index (χ0n) is 16.1. The predicted molar refractivity (Wildman–Crippen MR) is 107 cm³/mol. The van der Waals surface area contributed by atoms with Crippen molar-refractivity contribution in [1.29, 1.82) is 0 Å². The molecule has 2 amide bonds. The molecule has 1 saturated heterocycles. The number of anilines is 1. The number of hydrogen-bond acceptors (Lipinski definition) is 5. The van der Waals surface area contributed by atoms with Crippen molar-refractivity contribution >= 4 is 17.5 Å². The van der Waals surface area contributed by atoms with Gasteiger partial charge < -0.3 is 25.0 Å². The summed E-state index contributed by atoms with van der Waals surface area (Å²) in [6, 6.07) is 11.8. The van der Waals surface area contributed by atoms with E-state index in [0.717, 1.165) is 24.3 Å². The van der Waals surface area contributed by atoms with E-state index in [1.165, 1.54) is 11.1 Å². The van der Waals surface area contributed by atoms with Crippen molar-refractivity contribution in [3.8, 4) is 11.5 Å². The molecule has 1 atom stereocenters. The first-order chi connectivity index (χ1) is 14.2. The highest BCUT2D eigenvalue weighted by molar-refractivity contribution is 6.00. The molecule has 0 spiro atoms. The second-order valence-corrected chi connectivity index (χ2v) is 7.66. The number of fused-ring (bicyclic) bond motifs is 2. The molecular formula is C22H23N3O4. The van der Waals surface area contributed by atoms with E-state index in [4.69, 9.17) is 9.47 Å². The SMILES string of the molecule is O=C(NCc1ccc2c(c1)CNC2)C1CC(=O)N(c2ccc3c(c2)OCCO3)C1. The van der Waals surface area contributed by atoms with Crippen LogP contribution < -0.4 is 25.0 Å². The lowest BCUT2D eigenvalue weighted by molar-refractivity contribution is -0.126. The van der Waals surface area contributed by atoms with Crippen LogP contribution in [0.25, 0.3) is 0 Å². The molecule has 0 aromatic heterocycles. The largest absolute Gasteiger partial charge is 0.486 e. The van der Waals surface area contributed by atoms with Crippen molar-refractivity contribution in [2.45, 2.75) is 26.1 Å². The van der Waals surface area contributed by atoms with Crippen molar-refractivity contribution < 1.29 is 19.1 Å². The minimum absolute atomic E-state index is 0.0505. The lowest BCUT2D eigenvalue weighted by atomic mass is 10.1. The highest BCUT2D eigenvalue weighted by atomic mass is 16.6. The Morgan fingerprint density at radius 3 is 2.79 bits per heavy atom. The van der Waals surface area contributed by atoms with Crippen molar-refractivity contribution in [2.75, 3.05) is 24.7 Å². The smallest absolute Gasteiger partial charge is 0.227 e. The van der Waals surface area contributed by atoms with Gasteiger partial charge in [-0.2, -0.15) is 0 Å². The van der Waals surface area contributed by atoms with Crippen molar-refractivity contribution in [2.24, 2.45) is 5.92 Å². The molecule has 0 aliphatic carbocycles. The third kappa shape index (κ3) is 3.53. The van der Waals surface area contributed by atoms with E-state index in [0.29, 0.717) is 37.8 Å². The monoisotopic (exact) mass is 393 g/mol. The Labute approximate surface area is 169 Å². The van der Waals surface area contributed by atoms with E-state index in [9.17, 15) is 9.59 Å². The highest BCUT2D eigenvalue weighted by Crippen LogP contribution is 2.36. The minimum Gasteiger partial charge on any atom is -0.486 e. The van der Waals surface area contributed by atoms with E-state index < -0.39 is 0 Å². The number of hydrogen-bond donors (Lipinski definition) is 2. The van der Waals surface area contributed by atoms with E-state index in [1.54, 1.807) is 4.90 Å². The van der Waals surface area contributed by atoms with Gasteiger partial charge in [-0.1, -0.05) is 18.2 Å². The number of carbonyl (C=O) groups is 2. The molecule has 3 heterocycles. The highest BCUT2D eigenvalue weighted by Gasteiger charge is 2.35. The fourth-order valence-electron chi connectivity index (χ4n) is 4.12. The van der Waals surface area contributed by atoms with Gasteiger partial charge in [-0.15, -0.1) is 0 Å². The van der Waals surface area contributed by atoms with Gasteiger partial charge in [-0.3, -0.25) is 9.59 Å². The summed E-state index contributed by atoms with van der Waals surface area (Å²) in [5.41, 5.74) is 4.42. The standard InChI is InChI=1S/C22H23N3O4/c26-21-8-17(13-25(21)18-3-4-19-20(9-18)29-6-5-28-19)22(27)24-10-14-1-2-15-11-23-12-16(15)7-14/h1-4,7,9,17,23H,5-6,8,10-13H2,(H,24,27). The quantitative estimate of drug-likeness (QED) is 0.827. The van der Waals surface area contributed by atoms with Crippen LogP contribution in [0.1, 0.15) is 23.1 Å². The maximum atomic E-state index is 12.7. The molecule has 29 heavy (non-hydrogen) atoms. The van der Waals surface area contributed by atoms with Gasteiger partial charge in [0.05, 0.1) is 5.92 Å². The Morgan fingerprint density at radius 2 is 1.90 bits per heavy atom. The average molecular weight is 393 g/mol. The first kappa shape index (κ1) is 18.0. The molecule has 0 bridgehead atoms. The molecule has 7 nitrogen and oxygen atoms in total. The zero-order valence-corrected chi connectivity index (χ0v) is 16.1. The number of carbonyl (C=O) groups excluding carboxylic acids is 2. The molecule has 2 aromatic carbocycles. The molecular weight excluding hydrogens is 370 g/mol. The van der Waals surface area contributed by atoms with Crippen LogP contribution >= 0.6 is 0 Å². The summed E-state index contributed by atoms with van der Waals surface area (Å²) in [5, 5.41) is 6.31. The molecule has 2 N–H and O–H groups in total. The van der Waals surface area contributed by atoms with E-state index in [2.05, 4.69) is 22.8 Å². The van der Waals surface area contributed by atoms with Gasteiger partial charge in [0.15, 0.2) is 11.5 Å². The van der Waals surface area contributed by atoms with Crippen LogP contribution in [0.4, 0.5) is 5.69 Å². The van der Waals surface area contributed by atoms with Crippen molar-refractivity contribution in [3.63, 3.8) is 0 Å². The number of benzene rings is 2. The zero-order chi connectivity index (χ0) is 19.8. The average Bonchev–Trinajstić information content (AvgIpc) is 3.37. The van der Waals surface area contributed by atoms with Gasteiger partial charge in [0.2, 0.25) is 11.8 Å². The minimum atomic E-state index is -0.355. The normalized spacial score (nSPS) is 19.9. The molecule has 3 aliphatic rings. The van der Waals surface area contributed by atoms with E-state index in [1.807, 2.05) is 24.3 Å². The lowest BCUT2D eigenvalue weighted by Gasteiger charge is -2.22. The second-order valence-electron chi connectivity index (χ2n) is 7.66. The molecule has 5 rings (SSSR count). The van der Waals surface area contributed by atoms with E-state index in [-0.39, 0.29) is 24.2 Å². The second kappa shape index (κ2) is 7.40. The number of nitrogens with one attached hydrogen (secondary N) is 2. The summed E-state index contributed by atoms with van der Waals surface area (Å²) in [6.07, 6.45) is 0.217. The molecule has 150 valence electrons. The summed E-state index contributed by atoms with van der Waals surface area (Å²) >= 11 is 0. The molecule has 2 aromatic rings. The Balaban J connectivity index is 1.22. The Morgan fingerprint density at radius 1 is 1.07 bits per heavy atom. The number of nitrogens with zero attached hydrogens (tertiary/aromatic N) is 1. The lowest BCUT2D eigenvalue weighted by Crippen LogP contribution is -2.32. The third-order valence-corrected chi connectivity index (χ3v) is 5.70. The summed E-state index contributed by atoms with van der Waals surface area (Å²) in [6.45, 7) is 3.64. The summed E-state index contributed by atoms with van der Waals surface area (Å²) < 4.78 is 11.1. The fraction of sp³-hybridized carbons (Fsp3) is 0.364. The summed E-state index contributed by atoms with van der Waals surface area (Å²) in [4.78, 5) is 26.8. The van der Waals surface area contributed by atoms with Gasteiger partial charge in [-0.05, 0) is 28.8 Å². The van der Waals surface area contributed by atoms with Crippen LogP contribution in [0, 0.1) is 5.92 Å². The van der Waals surface area contributed by atoms with Crippen molar-refractivity contribution in [3.05, 3.63) is 53.1 Å². The summed E-state index contributed by atoms with van der Waals surface area (Å²) in [7, 11) is 0. The topological polar surface area (TPSA) is 79.9 Å². The maximum Gasteiger partial charge on any atom is 0.227 e. The van der Waals surface area contributed by atoms with Crippen LogP contribution in [-0.2, 0) is 29.2 Å². The van der Waals surface area contributed by atoms with Gasteiger partial charge >= 0.3 is 0 Å². The maximum absolute atomic E-state index is 12.7. The fourth-order valence-corrected chi connectivity index (χ4v) is 4.12. The number of ether oxygens (including phenoxy) is 2. The molecule has 3 aliphatic heterocycles. The van der Waals surface area contributed by atoms with Gasteiger partial charge in [-0.25, -0.2) is 0 Å². The van der Waals surface area contributed by atoms with Gasteiger partial charge in [0.25, 0.3) is 0 Å². The van der Waals surface area contributed by atoms with E-state index >= 15 is 0 Å². The Hall–Kier alpha value is -3.06. The first-order valence-electron chi connectivity index (χ1n) is 9.96. The molecule has 1 unspecified atom stereocenters. The van der Waals surface area contributed by atoms with Crippen LogP contribution in [0.5, 0.6) is 11.5 Å². The van der Waals surface area contributed by atoms with Crippen LogP contribution in [-0.4, -0.2) is 31.6 Å². The van der Waals surface area contributed by atoms with Crippen LogP contribution in [0.2, 0.25) is 0 Å². The molecule has 0 saturated carbocycles. The van der Waals surface area contributed by atoms with Crippen molar-refractivity contribution in [1.82, 2.24) is 10.6 Å². The molecule has 1 fully saturated rings. The summed E-state index contributed by atoms with van der Waals surface area (Å²) in [5.74, 6) is 0.834. The van der Waals surface area contributed by atoms with Crippen LogP contribution in [0.3, 0.4) is 0 Å². The third-order valence-electron chi connectivity index (χ3n) is 5.70. The number of amides is 2. The number of rotatable bonds is 4. The molecule has 0 radical (unpaired) electrons. The predicted octanol–water partition coefficient (Wildman–Crippen LogP) is 1.73.